The summed E-state index contributed by atoms with van der Waals surface area (Å²) in [6.07, 6.45) is 4.61. The monoisotopic (exact) mass is 377 g/mol. The Morgan fingerprint density at radius 1 is 1.29 bits per heavy atom. The van der Waals surface area contributed by atoms with E-state index in [1.165, 1.54) is 31.5 Å². The largest absolute Gasteiger partial charge is 0.299 e. The van der Waals surface area contributed by atoms with E-state index in [4.69, 9.17) is 11.6 Å². The maximum atomic E-state index is 6.25. The van der Waals surface area contributed by atoms with Crippen molar-refractivity contribution < 1.29 is 0 Å². The third-order valence-electron chi connectivity index (χ3n) is 2.93. The molecule has 0 atom stereocenters. The third kappa shape index (κ3) is 4.09. The zero-order valence-electron chi connectivity index (χ0n) is 9.43. The molecule has 0 saturated carbocycles. The summed E-state index contributed by atoms with van der Waals surface area (Å²) >= 11 is 12.9. The number of hydrogen-bond donors (Lipinski definition) is 0. The SMILES string of the molecule is Clc1cc(CN2CCCC2)ccc1C=C(Br)Br. The highest BCUT2D eigenvalue weighted by Gasteiger charge is 2.12. The fraction of sp³-hybridized carbons (Fsp3) is 0.385. The standard InChI is InChI=1S/C13H14Br2ClN/c14-13(15)8-11-4-3-10(7-12(11)16)9-17-5-1-2-6-17/h3-4,7-8H,1-2,5-6,9H2. The molecule has 1 aliphatic rings. The van der Waals surface area contributed by atoms with Crippen molar-refractivity contribution in [3.8, 4) is 0 Å². The van der Waals surface area contributed by atoms with Gasteiger partial charge in [0, 0.05) is 11.6 Å². The van der Waals surface area contributed by atoms with Crippen LogP contribution in [0.15, 0.2) is 21.6 Å². The van der Waals surface area contributed by atoms with Crippen molar-refractivity contribution >= 4 is 49.5 Å². The van der Waals surface area contributed by atoms with Gasteiger partial charge < -0.3 is 0 Å². The molecule has 1 aliphatic heterocycles. The summed E-state index contributed by atoms with van der Waals surface area (Å²) in [4.78, 5) is 2.47. The summed E-state index contributed by atoms with van der Waals surface area (Å²) in [6.45, 7) is 3.44. The lowest BCUT2D eigenvalue weighted by molar-refractivity contribution is 0.331. The minimum absolute atomic E-state index is 0.804. The number of rotatable bonds is 3. The summed E-state index contributed by atoms with van der Waals surface area (Å²) in [5.74, 6) is 0. The van der Waals surface area contributed by atoms with Crippen LogP contribution in [0.5, 0.6) is 0 Å². The summed E-state index contributed by atoms with van der Waals surface area (Å²) in [5, 5.41) is 0.804. The molecule has 0 bridgehead atoms. The summed E-state index contributed by atoms with van der Waals surface area (Å²) in [7, 11) is 0. The van der Waals surface area contributed by atoms with Gasteiger partial charge in [-0.25, -0.2) is 0 Å². The molecular weight excluding hydrogens is 365 g/mol. The van der Waals surface area contributed by atoms with E-state index in [-0.39, 0.29) is 0 Å². The van der Waals surface area contributed by atoms with Gasteiger partial charge in [0.15, 0.2) is 0 Å². The second-order valence-electron chi connectivity index (χ2n) is 4.27. The third-order valence-corrected chi connectivity index (χ3v) is 3.72. The van der Waals surface area contributed by atoms with Crippen molar-refractivity contribution in [1.29, 1.82) is 0 Å². The van der Waals surface area contributed by atoms with E-state index in [1.54, 1.807) is 0 Å². The van der Waals surface area contributed by atoms with Gasteiger partial charge in [0.25, 0.3) is 0 Å². The molecule has 92 valence electrons. The Bertz CT molecular complexity index is 421. The highest BCUT2D eigenvalue weighted by molar-refractivity contribution is 9.28. The van der Waals surface area contributed by atoms with Gasteiger partial charge in [0.1, 0.15) is 0 Å². The van der Waals surface area contributed by atoms with E-state index >= 15 is 0 Å². The molecule has 0 aromatic heterocycles. The molecule has 2 rings (SSSR count). The predicted octanol–water partition coefficient (Wildman–Crippen LogP) is 5.02. The van der Waals surface area contributed by atoms with Gasteiger partial charge >= 0.3 is 0 Å². The Balaban J connectivity index is 2.10. The van der Waals surface area contributed by atoms with Crippen LogP contribution in [0.1, 0.15) is 24.0 Å². The van der Waals surface area contributed by atoms with Gasteiger partial charge in [-0.1, -0.05) is 23.7 Å². The van der Waals surface area contributed by atoms with Gasteiger partial charge in [-0.2, -0.15) is 0 Å². The molecule has 4 heteroatoms. The van der Waals surface area contributed by atoms with Crippen molar-refractivity contribution in [1.82, 2.24) is 4.90 Å². The van der Waals surface area contributed by atoms with E-state index in [0.29, 0.717) is 0 Å². The molecule has 1 nitrogen and oxygen atoms in total. The van der Waals surface area contributed by atoms with E-state index in [9.17, 15) is 0 Å². The Kier molecular flexibility index (Phi) is 5.10. The summed E-state index contributed by atoms with van der Waals surface area (Å²) in [5.41, 5.74) is 2.32. The Labute approximate surface area is 124 Å². The number of hydrogen-bond acceptors (Lipinski definition) is 1. The molecule has 0 aliphatic carbocycles. The van der Waals surface area contributed by atoms with Crippen LogP contribution in [0, 0.1) is 0 Å². The molecule has 1 fully saturated rings. The Hall–Kier alpha value is 0.170. The van der Waals surface area contributed by atoms with Crippen molar-refractivity contribution in [2.24, 2.45) is 0 Å². The first-order valence-corrected chi connectivity index (χ1v) is 7.65. The highest BCUT2D eigenvalue weighted by atomic mass is 79.9. The molecule has 0 amide bonds. The molecule has 0 unspecified atom stereocenters. The average molecular weight is 380 g/mol. The van der Waals surface area contributed by atoms with Gasteiger partial charge in [-0.05, 0) is 81.1 Å². The van der Waals surface area contributed by atoms with Crippen molar-refractivity contribution in [2.75, 3.05) is 13.1 Å². The number of halogens is 3. The lowest BCUT2D eigenvalue weighted by atomic mass is 10.1. The van der Waals surface area contributed by atoms with Crippen LogP contribution in [-0.2, 0) is 6.54 Å². The van der Waals surface area contributed by atoms with Crippen LogP contribution in [0.25, 0.3) is 6.08 Å². The quantitative estimate of drug-likeness (QED) is 0.712. The highest BCUT2D eigenvalue weighted by Crippen LogP contribution is 2.25. The Morgan fingerprint density at radius 3 is 2.59 bits per heavy atom. The second kappa shape index (κ2) is 6.37. The van der Waals surface area contributed by atoms with Crippen LogP contribution < -0.4 is 0 Å². The zero-order chi connectivity index (χ0) is 12.3. The maximum Gasteiger partial charge on any atom is 0.0610 e. The van der Waals surface area contributed by atoms with Crippen molar-refractivity contribution in [3.63, 3.8) is 0 Å². The second-order valence-corrected chi connectivity index (χ2v) is 7.45. The van der Waals surface area contributed by atoms with Crippen LogP contribution in [0.3, 0.4) is 0 Å². The van der Waals surface area contributed by atoms with Crippen molar-refractivity contribution in [3.05, 3.63) is 37.7 Å². The van der Waals surface area contributed by atoms with E-state index in [1.807, 2.05) is 6.08 Å². The lowest BCUT2D eigenvalue weighted by Crippen LogP contribution is -2.18. The van der Waals surface area contributed by atoms with Gasteiger partial charge in [-0.15, -0.1) is 0 Å². The molecule has 1 saturated heterocycles. The topological polar surface area (TPSA) is 3.24 Å². The minimum atomic E-state index is 0.804. The first-order chi connectivity index (χ1) is 8.15. The molecule has 1 aromatic carbocycles. The molecule has 0 radical (unpaired) electrons. The molecule has 1 heterocycles. The van der Waals surface area contributed by atoms with Gasteiger partial charge in [0.05, 0.1) is 3.39 Å². The van der Waals surface area contributed by atoms with Crippen molar-refractivity contribution in [2.45, 2.75) is 19.4 Å². The number of benzene rings is 1. The normalized spacial score (nSPS) is 16.2. The number of nitrogens with zero attached hydrogens (tertiary/aromatic N) is 1. The maximum absolute atomic E-state index is 6.25. The fourth-order valence-corrected chi connectivity index (χ4v) is 2.85. The molecular formula is C13H14Br2ClN. The van der Waals surface area contributed by atoms with Gasteiger partial charge in [0.2, 0.25) is 0 Å². The molecule has 0 N–H and O–H groups in total. The zero-order valence-corrected chi connectivity index (χ0v) is 13.4. The van der Waals surface area contributed by atoms with E-state index in [2.05, 4.69) is 55.0 Å². The molecule has 1 aromatic rings. The first kappa shape index (κ1) is 13.6. The molecule has 17 heavy (non-hydrogen) atoms. The van der Waals surface area contributed by atoms with Gasteiger partial charge in [-0.3, -0.25) is 4.90 Å². The van der Waals surface area contributed by atoms with Crippen LogP contribution in [-0.4, -0.2) is 18.0 Å². The minimum Gasteiger partial charge on any atom is -0.299 e. The Morgan fingerprint density at radius 2 is 2.00 bits per heavy atom. The molecule has 0 spiro atoms. The fourth-order valence-electron chi connectivity index (χ4n) is 2.10. The smallest absolute Gasteiger partial charge is 0.0610 e. The van der Waals surface area contributed by atoms with E-state index < -0.39 is 0 Å². The van der Waals surface area contributed by atoms with Crippen LogP contribution in [0.2, 0.25) is 5.02 Å². The first-order valence-electron chi connectivity index (χ1n) is 5.68. The lowest BCUT2D eigenvalue weighted by Gasteiger charge is -2.15. The van der Waals surface area contributed by atoms with Crippen LogP contribution >= 0.6 is 43.5 Å². The number of likely N-dealkylation sites (tertiary alicyclic amines) is 1. The average Bonchev–Trinajstić information content (AvgIpc) is 2.74. The predicted molar refractivity (Wildman–Crippen MR) is 81.8 cm³/mol. The van der Waals surface area contributed by atoms with E-state index in [0.717, 1.165) is 20.5 Å². The summed E-state index contributed by atoms with van der Waals surface area (Å²) in [6, 6.07) is 6.28. The van der Waals surface area contributed by atoms with Crippen LogP contribution in [0.4, 0.5) is 0 Å². The summed E-state index contributed by atoms with van der Waals surface area (Å²) < 4.78 is 0.902.